The van der Waals surface area contributed by atoms with Crippen LogP contribution in [0.3, 0.4) is 0 Å². The maximum absolute atomic E-state index is 2.46. The van der Waals surface area contributed by atoms with E-state index in [1.165, 1.54) is 46.7 Å². The predicted octanol–water partition coefficient (Wildman–Crippen LogP) is 6.90. The molecule has 0 saturated carbocycles. The highest BCUT2D eigenvalue weighted by Crippen LogP contribution is 2.38. The van der Waals surface area contributed by atoms with Gasteiger partial charge in [0, 0.05) is 3.57 Å². The average molecular weight is 404 g/mol. The average Bonchev–Trinajstić information content (AvgIpc) is 2.61. The number of halogens is 1. The van der Waals surface area contributed by atoms with E-state index < -0.39 is 0 Å². The van der Waals surface area contributed by atoms with E-state index in [4.69, 9.17) is 0 Å². The van der Waals surface area contributed by atoms with Crippen molar-refractivity contribution < 1.29 is 0 Å². The van der Waals surface area contributed by atoms with Crippen LogP contribution in [-0.2, 0) is 0 Å². The highest BCUT2D eigenvalue weighted by Gasteiger charge is 2.11. The molecule has 0 amide bonds. The Hall–Kier alpha value is -2.13. The van der Waals surface area contributed by atoms with Crippen molar-refractivity contribution in [2.24, 2.45) is 0 Å². The highest BCUT2D eigenvalue weighted by atomic mass is 127. The minimum Gasteiger partial charge on any atom is -0.0616 e. The lowest BCUT2D eigenvalue weighted by Gasteiger charge is -2.12. The Morgan fingerprint density at radius 2 is 1.04 bits per heavy atom. The topological polar surface area (TPSA) is 0 Å². The highest BCUT2D eigenvalue weighted by molar-refractivity contribution is 14.1. The summed E-state index contributed by atoms with van der Waals surface area (Å²) in [7, 11) is 0. The van der Waals surface area contributed by atoms with Crippen LogP contribution in [0.4, 0.5) is 0 Å². The number of rotatable bonds is 0. The van der Waals surface area contributed by atoms with Crippen LogP contribution in [-0.4, -0.2) is 0 Å². The third kappa shape index (κ3) is 1.89. The van der Waals surface area contributed by atoms with Crippen molar-refractivity contribution in [2.45, 2.75) is 0 Å². The van der Waals surface area contributed by atoms with Crippen LogP contribution in [0.1, 0.15) is 0 Å². The first-order valence-corrected chi connectivity index (χ1v) is 8.82. The van der Waals surface area contributed by atoms with Gasteiger partial charge in [0.05, 0.1) is 0 Å². The zero-order chi connectivity index (χ0) is 15.4. The minimum absolute atomic E-state index is 1.30. The van der Waals surface area contributed by atoms with E-state index in [9.17, 15) is 0 Å². The summed E-state index contributed by atoms with van der Waals surface area (Å²) in [6.07, 6.45) is 0. The number of hydrogen-bond acceptors (Lipinski definition) is 0. The second kappa shape index (κ2) is 4.93. The summed E-state index contributed by atoms with van der Waals surface area (Å²) in [6.45, 7) is 0. The molecule has 5 aromatic rings. The van der Waals surface area contributed by atoms with Gasteiger partial charge in [-0.1, -0.05) is 72.8 Å². The van der Waals surface area contributed by atoms with Crippen LogP contribution in [0.5, 0.6) is 0 Å². The third-order valence-corrected chi connectivity index (χ3v) is 5.57. The first-order chi connectivity index (χ1) is 11.3. The molecule has 0 radical (unpaired) electrons. The van der Waals surface area contributed by atoms with E-state index in [1.54, 1.807) is 0 Å². The van der Waals surface area contributed by atoms with Crippen molar-refractivity contribution in [1.82, 2.24) is 0 Å². The maximum atomic E-state index is 2.46. The van der Waals surface area contributed by atoms with Crippen LogP contribution in [0.2, 0.25) is 0 Å². The monoisotopic (exact) mass is 404 g/mol. The second-order valence-electron chi connectivity index (χ2n) is 5.95. The molecule has 23 heavy (non-hydrogen) atoms. The van der Waals surface area contributed by atoms with Crippen molar-refractivity contribution >= 4 is 65.7 Å². The lowest BCUT2D eigenvalue weighted by molar-refractivity contribution is 1.75. The molecule has 0 aliphatic rings. The molecule has 0 unspecified atom stereocenters. The van der Waals surface area contributed by atoms with Gasteiger partial charge in [0.15, 0.2) is 0 Å². The molecule has 0 nitrogen and oxygen atoms in total. The van der Waals surface area contributed by atoms with Gasteiger partial charge in [-0.3, -0.25) is 0 Å². The molecular weight excluding hydrogens is 391 g/mol. The Balaban J connectivity index is 2.21. The summed E-state index contributed by atoms with van der Waals surface area (Å²) in [4.78, 5) is 0. The van der Waals surface area contributed by atoms with Crippen molar-refractivity contribution in [1.29, 1.82) is 0 Å². The van der Waals surface area contributed by atoms with Crippen LogP contribution in [0, 0.1) is 3.57 Å². The van der Waals surface area contributed by atoms with Gasteiger partial charge in [0.2, 0.25) is 0 Å². The van der Waals surface area contributed by atoms with Crippen LogP contribution in [0.25, 0.3) is 43.1 Å². The molecule has 0 N–H and O–H groups in total. The predicted molar refractivity (Wildman–Crippen MR) is 109 cm³/mol. The third-order valence-electron chi connectivity index (χ3n) is 4.68. The summed E-state index contributed by atoms with van der Waals surface area (Å²) >= 11 is 2.46. The van der Waals surface area contributed by atoms with Gasteiger partial charge < -0.3 is 0 Å². The van der Waals surface area contributed by atoms with E-state index >= 15 is 0 Å². The summed E-state index contributed by atoms with van der Waals surface area (Å²) in [6, 6.07) is 28.7. The molecule has 0 bridgehead atoms. The summed E-state index contributed by atoms with van der Waals surface area (Å²) < 4.78 is 1.31. The smallest absolute Gasteiger partial charge is 0.0215 e. The van der Waals surface area contributed by atoms with Gasteiger partial charge >= 0.3 is 0 Å². The van der Waals surface area contributed by atoms with Crippen molar-refractivity contribution in [2.75, 3.05) is 0 Å². The summed E-state index contributed by atoms with van der Waals surface area (Å²) in [5.41, 5.74) is 0. The Morgan fingerprint density at radius 1 is 0.478 bits per heavy atom. The molecule has 5 aromatic carbocycles. The Kier molecular flexibility index (Phi) is 2.86. The Morgan fingerprint density at radius 3 is 1.78 bits per heavy atom. The summed E-state index contributed by atoms with van der Waals surface area (Å²) in [5, 5.41) is 10.7. The molecule has 5 rings (SSSR count). The van der Waals surface area contributed by atoms with E-state index in [0.29, 0.717) is 0 Å². The molecule has 1 heteroatoms. The Bertz CT molecular complexity index is 1220. The number of hydrogen-bond donors (Lipinski definition) is 0. The first-order valence-electron chi connectivity index (χ1n) is 7.74. The number of benzene rings is 5. The lowest BCUT2D eigenvalue weighted by Crippen LogP contribution is -1.86. The quantitative estimate of drug-likeness (QED) is 0.194. The van der Waals surface area contributed by atoms with Gasteiger partial charge in [-0.15, -0.1) is 0 Å². The number of fused-ring (bicyclic) bond motifs is 7. The zero-order valence-corrected chi connectivity index (χ0v) is 14.5. The second-order valence-corrected chi connectivity index (χ2v) is 7.11. The minimum atomic E-state index is 1.30. The van der Waals surface area contributed by atoms with Crippen molar-refractivity contribution in [3.63, 3.8) is 0 Å². The molecule has 0 aliphatic carbocycles. The molecule has 0 aliphatic heterocycles. The van der Waals surface area contributed by atoms with E-state index in [0.717, 1.165) is 0 Å². The van der Waals surface area contributed by atoms with Gasteiger partial charge in [-0.2, -0.15) is 0 Å². The molecule has 0 heterocycles. The lowest BCUT2D eigenvalue weighted by atomic mass is 9.93. The summed E-state index contributed by atoms with van der Waals surface area (Å²) in [5.74, 6) is 0. The van der Waals surface area contributed by atoms with Gasteiger partial charge in [0.25, 0.3) is 0 Å². The normalized spacial score (nSPS) is 11.7. The van der Waals surface area contributed by atoms with Crippen LogP contribution >= 0.6 is 22.6 Å². The van der Waals surface area contributed by atoms with E-state index in [-0.39, 0.29) is 0 Å². The standard InChI is InChI=1S/C22H13I/c23-20-13-16-10-9-14-5-1-3-7-17(14)21(16)22-18-8-4-2-6-15(18)11-12-19(20)22/h1-13H. The molecule has 0 fully saturated rings. The van der Waals surface area contributed by atoms with E-state index in [1.807, 2.05) is 0 Å². The SMILES string of the molecule is Ic1cc2ccc3ccccc3c2c2c1ccc1ccccc12. The van der Waals surface area contributed by atoms with Crippen molar-refractivity contribution in [3.05, 3.63) is 82.4 Å². The fourth-order valence-electron chi connectivity index (χ4n) is 3.64. The van der Waals surface area contributed by atoms with Crippen LogP contribution < -0.4 is 0 Å². The van der Waals surface area contributed by atoms with Gasteiger partial charge in [-0.25, -0.2) is 0 Å². The molecule has 0 saturated heterocycles. The van der Waals surface area contributed by atoms with Gasteiger partial charge in [0.1, 0.15) is 0 Å². The van der Waals surface area contributed by atoms with Crippen LogP contribution in [0.15, 0.2) is 78.9 Å². The fraction of sp³-hybridized carbons (Fsp3) is 0. The molecule has 108 valence electrons. The Labute approximate surface area is 147 Å². The van der Waals surface area contributed by atoms with Gasteiger partial charge in [-0.05, 0) is 71.7 Å². The molecule has 0 spiro atoms. The van der Waals surface area contributed by atoms with E-state index in [2.05, 4.69) is 101 Å². The molecular formula is C22H13I. The maximum Gasteiger partial charge on any atom is 0.0215 e. The zero-order valence-electron chi connectivity index (χ0n) is 12.4. The largest absolute Gasteiger partial charge is 0.0616 e. The van der Waals surface area contributed by atoms with Crippen molar-refractivity contribution in [3.8, 4) is 0 Å². The first kappa shape index (κ1) is 13.3. The molecule has 0 aromatic heterocycles. The molecule has 0 atom stereocenters. The fourth-order valence-corrected chi connectivity index (χ4v) is 4.43.